The summed E-state index contributed by atoms with van der Waals surface area (Å²) < 4.78 is 0. The van der Waals surface area contributed by atoms with Crippen LogP contribution in [0.25, 0.3) is 0 Å². The zero-order valence-electron chi connectivity index (χ0n) is 22.2. The van der Waals surface area contributed by atoms with Crippen molar-refractivity contribution in [1.82, 2.24) is 0 Å². The van der Waals surface area contributed by atoms with Gasteiger partial charge in [0, 0.05) is 0 Å². The van der Waals surface area contributed by atoms with Crippen LogP contribution in [0.1, 0.15) is 59.7 Å². The Morgan fingerprint density at radius 1 is 0.629 bits per heavy atom. The molecule has 4 aromatic carbocycles. The predicted molar refractivity (Wildman–Crippen MR) is 158 cm³/mol. The molecule has 0 heterocycles. The second-order valence-electron chi connectivity index (χ2n) is 10.7. The van der Waals surface area contributed by atoms with Gasteiger partial charge in [-0.05, 0) is 20.9 Å². The van der Waals surface area contributed by atoms with Crippen molar-refractivity contribution in [3.63, 3.8) is 0 Å². The zero-order chi connectivity index (χ0) is 24.8. The minimum atomic E-state index is -0.548. The average Bonchev–Trinajstić information content (AvgIpc) is 3.49. The van der Waals surface area contributed by atoms with Crippen molar-refractivity contribution in [2.45, 2.75) is 64.4 Å². The SMILES string of the molecule is C[C@H](c1c[cH-]cc1P(c1ccccc1)c1ccccc1)P(C(C)(C)C)C(C)(C)C.[Fe+2].c1cc[cH-]c1. The van der Waals surface area contributed by atoms with Crippen molar-refractivity contribution in [1.29, 1.82) is 0 Å². The molecule has 4 aromatic rings. The Morgan fingerprint density at radius 3 is 1.46 bits per heavy atom. The van der Waals surface area contributed by atoms with E-state index in [2.05, 4.69) is 127 Å². The third kappa shape index (κ3) is 8.00. The largest absolute Gasteiger partial charge is 2.00 e. The molecule has 0 aromatic heterocycles. The van der Waals surface area contributed by atoms with Crippen molar-refractivity contribution < 1.29 is 17.1 Å². The summed E-state index contributed by atoms with van der Waals surface area (Å²) >= 11 is 0. The first kappa shape index (κ1) is 29.7. The topological polar surface area (TPSA) is 0 Å². The first-order chi connectivity index (χ1) is 16.1. The number of hydrogen-bond acceptors (Lipinski definition) is 0. The summed E-state index contributed by atoms with van der Waals surface area (Å²) in [4.78, 5) is 0. The van der Waals surface area contributed by atoms with Gasteiger partial charge >= 0.3 is 17.1 Å². The summed E-state index contributed by atoms with van der Waals surface area (Å²) in [5, 5.41) is 5.02. The average molecular weight is 542 g/mol. The molecule has 1 atom stereocenters. The molecule has 0 saturated carbocycles. The Hall–Kier alpha value is -1.48. The summed E-state index contributed by atoms with van der Waals surface area (Å²) in [5.41, 5.74) is 2.12. The van der Waals surface area contributed by atoms with Crippen molar-refractivity contribution in [2.24, 2.45) is 0 Å². The van der Waals surface area contributed by atoms with Crippen LogP contribution in [0, 0.1) is 0 Å². The molecule has 0 bridgehead atoms. The molecule has 0 nitrogen and oxygen atoms in total. The number of benzene rings is 2. The van der Waals surface area contributed by atoms with E-state index in [-0.39, 0.29) is 25.0 Å². The Balaban J connectivity index is 0.000000640. The zero-order valence-corrected chi connectivity index (χ0v) is 25.1. The van der Waals surface area contributed by atoms with Crippen LogP contribution in [-0.2, 0) is 17.1 Å². The molecule has 0 aliphatic heterocycles. The molecule has 0 fully saturated rings. The Labute approximate surface area is 227 Å². The van der Waals surface area contributed by atoms with E-state index in [4.69, 9.17) is 0 Å². The van der Waals surface area contributed by atoms with Crippen LogP contribution >= 0.6 is 15.8 Å². The summed E-state index contributed by atoms with van der Waals surface area (Å²) in [7, 11) is -0.771. The van der Waals surface area contributed by atoms with Gasteiger partial charge in [0.1, 0.15) is 0 Å². The molecule has 0 aliphatic rings. The van der Waals surface area contributed by atoms with Gasteiger partial charge in [-0.2, -0.15) is 47.3 Å². The molecular weight excluding hydrogens is 502 g/mol. The third-order valence-corrected chi connectivity index (χ3v) is 12.4. The molecule has 0 unspecified atom stereocenters. The minimum absolute atomic E-state index is 0. The second-order valence-corrected chi connectivity index (χ2v) is 17.1. The van der Waals surface area contributed by atoms with Gasteiger partial charge in [-0.25, -0.2) is 12.1 Å². The van der Waals surface area contributed by atoms with E-state index in [9.17, 15) is 0 Å². The minimum Gasteiger partial charge on any atom is -0.214 e. The molecule has 0 aliphatic carbocycles. The van der Waals surface area contributed by atoms with Gasteiger partial charge in [0.15, 0.2) is 0 Å². The normalized spacial score (nSPS) is 12.6. The monoisotopic (exact) mass is 542 g/mol. The van der Waals surface area contributed by atoms with Crippen LogP contribution in [0.15, 0.2) is 109 Å². The third-order valence-electron chi connectivity index (χ3n) is 5.93. The van der Waals surface area contributed by atoms with Crippen molar-refractivity contribution in [2.75, 3.05) is 0 Å². The predicted octanol–water partition coefficient (Wildman–Crippen LogP) is 8.71. The van der Waals surface area contributed by atoms with Gasteiger partial charge in [0.05, 0.1) is 0 Å². The molecule has 0 saturated heterocycles. The molecule has 0 N–H and O–H groups in total. The van der Waals surface area contributed by atoms with Gasteiger partial charge in [0.2, 0.25) is 0 Å². The fourth-order valence-corrected chi connectivity index (χ4v) is 12.7. The van der Waals surface area contributed by atoms with Crippen LogP contribution in [0.4, 0.5) is 0 Å². The fraction of sp³-hybridized carbons (Fsp3) is 0.312. The maximum absolute atomic E-state index is 2.48. The number of hydrogen-bond donors (Lipinski definition) is 0. The molecular formula is C32H40FeP2. The second kappa shape index (κ2) is 13.2. The molecule has 0 spiro atoms. The standard InChI is InChI=1S/C27H35P2.C5H5.Fe/c1-21(29(26(2,3)4)27(5,6)7)24-19-14-20-25(24)28(22-15-10-8-11-16-22)23-17-12-9-13-18-23;1-2-4-5-3-1;/h8-21H,1-7H3;1-5H;/q2*-1;+2/t21-;;/m1../s1. The maximum atomic E-state index is 2.48. The van der Waals surface area contributed by atoms with Gasteiger partial charge in [-0.15, -0.1) is 7.92 Å². The van der Waals surface area contributed by atoms with E-state index in [1.165, 1.54) is 15.9 Å². The quantitative estimate of drug-likeness (QED) is 0.134. The van der Waals surface area contributed by atoms with E-state index in [1.54, 1.807) is 5.56 Å². The maximum Gasteiger partial charge on any atom is 2.00 e. The van der Waals surface area contributed by atoms with E-state index in [1.807, 2.05) is 30.3 Å². The first-order valence-electron chi connectivity index (χ1n) is 12.2. The van der Waals surface area contributed by atoms with Crippen molar-refractivity contribution in [3.05, 3.63) is 115 Å². The summed E-state index contributed by atoms with van der Waals surface area (Å²) in [6.07, 6.45) is 0. The van der Waals surface area contributed by atoms with Crippen LogP contribution in [-0.4, -0.2) is 10.3 Å². The summed E-state index contributed by atoms with van der Waals surface area (Å²) in [6.45, 7) is 17.1. The Bertz CT molecular complexity index is 1010. The van der Waals surface area contributed by atoms with Gasteiger partial charge < -0.3 is 0 Å². The van der Waals surface area contributed by atoms with Gasteiger partial charge in [0.25, 0.3) is 0 Å². The first-order valence-corrected chi connectivity index (χ1v) is 15.0. The van der Waals surface area contributed by atoms with Gasteiger partial charge in [-0.1, -0.05) is 123 Å². The van der Waals surface area contributed by atoms with Crippen molar-refractivity contribution in [3.8, 4) is 0 Å². The van der Waals surface area contributed by atoms with Gasteiger partial charge in [-0.3, -0.25) is 0 Å². The molecule has 35 heavy (non-hydrogen) atoms. The molecule has 0 radical (unpaired) electrons. The molecule has 4 rings (SSSR count). The summed E-state index contributed by atoms with van der Waals surface area (Å²) in [6, 6.07) is 39.2. The molecule has 0 amide bonds. The fourth-order valence-electron chi connectivity index (χ4n) is 5.19. The van der Waals surface area contributed by atoms with E-state index >= 15 is 0 Å². The van der Waals surface area contributed by atoms with Crippen LogP contribution in [0.2, 0.25) is 0 Å². The van der Waals surface area contributed by atoms with Crippen LogP contribution < -0.4 is 15.9 Å². The van der Waals surface area contributed by atoms with Crippen LogP contribution in [0.3, 0.4) is 0 Å². The smallest absolute Gasteiger partial charge is 0.214 e. The van der Waals surface area contributed by atoms with E-state index < -0.39 is 7.92 Å². The Kier molecular flexibility index (Phi) is 11.2. The van der Waals surface area contributed by atoms with E-state index in [0.29, 0.717) is 16.0 Å². The molecule has 186 valence electrons. The van der Waals surface area contributed by atoms with Crippen molar-refractivity contribution >= 4 is 31.8 Å². The summed E-state index contributed by atoms with van der Waals surface area (Å²) in [5.74, 6) is 0. The van der Waals surface area contributed by atoms with Crippen LogP contribution in [0.5, 0.6) is 0 Å². The Morgan fingerprint density at radius 2 is 1.09 bits per heavy atom. The number of rotatable bonds is 5. The van der Waals surface area contributed by atoms with E-state index in [0.717, 1.165) is 0 Å². The molecule has 3 heteroatoms.